The van der Waals surface area contributed by atoms with E-state index in [1.807, 2.05) is 0 Å². The standard InChI is InChI=1S/C13H14N2O5S/c1-13(20-6-11(16)17)7-15(8-13)12-9-4-2-3-5-10(9)21(18,19)14-12/h2-5H,6-8H2,1H3,(H,16,17). The summed E-state index contributed by atoms with van der Waals surface area (Å²) in [6.07, 6.45) is 0. The summed E-state index contributed by atoms with van der Waals surface area (Å²) in [6, 6.07) is 6.66. The number of carbonyl (C=O) groups is 1. The average Bonchev–Trinajstić information content (AvgIpc) is 2.66. The normalized spacial score (nSPS) is 21.4. The largest absolute Gasteiger partial charge is 0.480 e. The van der Waals surface area contributed by atoms with E-state index in [0.29, 0.717) is 24.5 Å². The lowest BCUT2D eigenvalue weighted by atomic mass is 9.95. The predicted octanol–water partition coefficient (Wildman–Crippen LogP) is 0.311. The van der Waals surface area contributed by atoms with Gasteiger partial charge in [-0.25, -0.2) is 4.79 Å². The smallest absolute Gasteiger partial charge is 0.329 e. The molecule has 2 heterocycles. The van der Waals surface area contributed by atoms with Gasteiger partial charge in [0.2, 0.25) is 0 Å². The number of ether oxygens (including phenoxy) is 1. The Morgan fingerprint density at radius 3 is 2.76 bits per heavy atom. The first-order valence-electron chi connectivity index (χ1n) is 6.36. The Bertz CT molecular complexity index is 735. The maximum absolute atomic E-state index is 12.0. The zero-order valence-corrected chi connectivity index (χ0v) is 12.1. The molecule has 0 saturated carbocycles. The molecule has 0 unspecified atom stereocenters. The summed E-state index contributed by atoms with van der Waals surface area (Å²) in [4.78, 5) is 12.5. The molecule has 2 aliphatic rings. The zero-order chi connectivity index (χ0) is 15.3. The van der Waals surface area contributed by atoms with Crippen LogP contribution >= 0.6 is 0 Å². The summed E-state index contributed by atoms with van der Waals surface area (Å²) in [6.45, 7) is 2.24. The Morgan fingerprint density at radius 1 is 1.43 bits per heavy atom. The lowest BCUT2D eigenvalue weighted by Gasteiger charge is -2.48. The number of hydrogen-bond donors (Lipinski definition) is 1. The van der Waals surface area contributed by atoms with Gasteiger partial charge in [0.1, 0.15) is 17.1 Å². The Hall–Kier alpha value is -1.93. The van der Waals surface area contributed by atoms with Gasteiger partial charge in [-0.2, -0.15) is 8.42 Å². The lowest BCUT2D eigenvalue weighted by molar-refractivity contribution is -0.158. The van der Waals surface area contributed by atoms with Crippen molar-refractivity contribution in [2.75, 3.05) is 19.7 Å². The number of carboxylic acid groups (broad SMARTS) is 1. The predicted molar refractivity (Wildman–Crippen MR) is 73.7 cm³/mol. The van der Waals surface area contributed by atoms with Gasteiger partial charge in [0.05, 0.1) is 13.1 Å². The van der Waals surface area contributed by atoms with Crippen molar-refractivity contribution >= 4 is 21.8 Å². The van der Waals surface area contributed by atoms with Crippen LogP contribution in [0.25, 0.3) is 0 Å². The second-order valence-electron chi connectivity index (χ2n) is 5.37. The highest BCUT2D eigenvalue weighted by atomic mass is 32.2. The maximum Gasteiger partial charge on any atom is 0.329 e. The van der Waals surface area contributed by atoms with E-state index in [2.05, 4.69) is 4.40 Å². The molecule has 0 radical (unpaired) electrons. The van der Waals surface area contributed by atoms with Crippen LogP contribution in [0.2, 0.25) is 0 Å². The number of fused-ring (bicyclic) bond motifs is 1. The number of amidine groups is 1. The van der Waals surface area contributed by atoms with Crippen molar-refractivity contribution in [3.8, 4) is 0 Å². The van der Waals surface area contributed by atoms with Crippen molar-refractivity contribution in [1.82, 2.24) is 4.90 Å². The van der Waals surface area contributed by atoms with Crippen molar-refractivity contribution in [1.29, 1.82) is 0 Å². The molecule has 0 aromatic heterocycles. The third-order valence-electron chi connectivity index (χ3n) is 3.51. The van der Waals surface area contributed by atoms with E-state index < -0.39 is 21.6 Å². The molecule has 0 spiro atoms. The molecule has 1 fully saturated rings. The fourth-order valence-electron chi connectivity index (χ4n) is 2.55. The van der Waals surface area contributed by atoms with Crippen molar-refractivity contribution in [3.05, 3.63) is 29.8 Å². The first-order valence-corrected chi connectivity index (χ1v) is 7.80. The lowest BCUT2D eigenvalue weighted by Crippen LogP contribution is -2.63. The molecule has 3 rings (SSSR count). The van der Waals surface area contributed by atoms with Gasteiger partial charge in [0, 0.05) is 5.56 Å². The molecule has 0 amide bonds. The zero-order valence-electron chi connectivity index (χ0n) is 11.3. The number of nitrogens with zero attached hydrogens (tertiary/aromatic N) is 2. The van der Waals surface area contributed by atoms with Crippen LogP contribution in [0.4, 0.5) is 0 Å². The molecule has 7 nitrogen and oxygen atoms in total. The van der Waals surface area contributed by atoms with Gasteiger partial charge in [-0.1, -0.05) is 12.1 Å². The van der Waals surface area contributed by atoms with Crippen LogP contribution < -0.4 is 0 Å². The van der Waals surface area contributed by atoms with Crippen LogP contribution in [0.5, 0.6) is 0 Å². The van der Waals surface area contributed by atoms with Gasteiger partial charge >= 0.3 is 5.97 Å². The van der Waals surface area contributed by atoms with Crippen LogP contribution in [0, 0.1) is 0 Å². The minimum atomic E-state index is -3.63. The van der Waals surface area contributed by atoms with E-state index >= 15 is 0 Å². The SMILES string of the molecule is CC1(OCC(=O)O)CN(C2=NS(=O)(=O)c3ccccc32)C1. The van der Waals surface area contributed by atoms with Crippen molar-refractivity contribution in [2.45, 2.75) is 17.4 Å². The number of aliphatic carboxylic acids is 1. The van der Waals surface area contributed by atoms with E-state index in [0.717, 1.165) is 0 Å². The van der Waals surface area contributed by atoms with E-state index in [9.17, 15) is 13.2 Å². The quantitative estimate of drug-likeness (QED) is 0.863. The fourth-order valence-corrected chi connectivity index (χ4v) is 3.78. The van der Waals surface area contributed by atoms with Gasteiger partial charge in [-0.05, 0) is 19.1 Å². The number of carboxylic acids is 1. The Balaban J connectivity index is 1.78. The van der Waals surface area contributed by atoms with Crippen LogP contribution in [-0.4, -0.2) is 55.5 Å². The highest BCUT2D eigenvalue weighted by Gasteiger charge is 2.45. The number of hydrogen-bond acceptors (Lipinski definition) is 5. The van der Waals surface area contributed by atoms with Crippen molar-refractivity contribution in [3.63, 3.8) is 0 Å². The molecule has 1 N–H and O–H groups in total. The van der Waals surface area contributed by atoms with Gasteiger partial charge in [0.25, 0.3) is 10.0 Å². The summed E-state index contributed by atoms with van der Waals surface area (Å²) >= 11 is 0. The Labute approximate surface area is 121 Å². The van der Waals surface area contributed by atoms with Crippen LogP contribution in [-0.2, 0) is 19.6 Å². The summed E-state index contributed by atoms with van der Waals surface area (Å²) in [5.41, 5.74) is -0.0138. The molecular weight excluding hydrogens is 296 g/mol. The molecule has 0 bridgehead atoms. The van der Waals surface area contributed by atoms with Crippen LogP contribution in [0.15, 0.2) is 33.6 Å². The van der Waals surface area contributed by atoms with E-state index in [-0.39, 0.29) is 11.5 Å². The van der Waals surface area contributed by atoms with Gasteiger partial charge in [0.15, 0.2) is 5.84 Å². The molecule has 2 aliphatic heterocycles. The summed E-state index contributed by atoms with van der Waals surface area (Å²) in [7, 11) is -3.63. The number of rotatable bonds is 3. The Morgan fingerprint density at radius 2 is 2.10 bits per heavy atom. The minimum absolute atomic E-state index is 0.208. The number of benzene rings is 1. The fraction of sp³-hybridized carbons (Fsp3) is 0.385. The highest BCUT2D eigenvalue weighted by Crippen LogP contribution is 2.33. The molecule has 8 heteroatoms. The number of sulfonamides is 1. The first-order chi connectivity index (χ1) is 9.81. The highest BCUT2D eigenvalue weighted by molar-refractivity contribution is 7.90. The molecule has 112 valence electrons. The second-order valence-corrected chi connectivity index (χ2v) is 6.95. The van der Waals surface area contributed by atoms with E-state index in [1.54, 1.807) is 30.0 Å². The molecule has 1 saturated heterocycles. The maximum atomic E-state index is 12.0. The summed E-state index contributed by atoms with van der Waals surface area (Å²) in [5, 5.41) is 8.63. The van der Waals surface area contributed by atoms with Crippen molar-refractivity contribution in [2.24, 2.45) is 4.40 Å². The third-order valence-corrected chi connectivity index (χ3v) is 4.83. The van der Waals surface area contributed by atoms with Gasteiger partial charge in [-0.3, -0.25) is 0 Å². The van der Waals surface area contributed by atoms with E-state index in [1.165, 1.54) is 6.07 Å². The average molecular weight is 310 g/mol. The molecule has 0 atom stereocenters. The minimum Gasteiger partial charge on any atom is -0.480 e. The monoisotopic (exact) mass is 310 g/mol. The Kier molecular flexibility index (Phi) is 3.03. The van der Waals surface area contributed by atoms with Crippen molar-refractivity contribution < 1.29 is 23.1 Å². The molecule has 1 aromatic rings. The van der Waals surface area contributed by atoms with E-state index in [4.69, 9.17) is 9.84 Å². The van der Waals surface area contributed by atoms with Gasteiger partial charge in [-0.15, -0.1) is 4.40 Å². The molecular formula is C13H14N2O5S. The first kappa shape index (κ1) is 14.0. The van der Waals surface area contributed by atoms with Crippen LogP contribution in [0.3, 0.4) is 0 Å². The van der Waals surface area contributed by atoms with Gasteiger partial charge < -0.3 is 14.7 Å². The third kappa shape index (κ3) is 2.40. The summed E-state index contributed by atoms with van der Waals surface area (Å²) < 4.78 is 33.0. The second kappa shape index (κ2) is 4.54. The molecule has 0 aliphatic carbocycles. The topological polar surface area (TPSA) is 96.3 Å². The van der Waals surface area contributed by atoms with Crippen LogP contribution in [0.1, 0.15) is 12.5 Å². The number of likely N-dealkylation sites (tertiary alicyclic amines) is 1. The molecule has 21 heavy (non-hydrogen) atoms. The molecule has 1 aromatic carbocycles. The summed E-state index contributed by atoms with van der Waals surface area (Å²) in [5.74, 6) is -0.622.